The number of carbonyl (C=O) groups is 1. The summed E-state index contributed by atoms with van der Waals surface area (Å²) in [5, 5.41) is 10.2. The number of fused-ring (bicyclic) bond motifs is 3. The Morgan fingerprint density at radius 3 is 2.09 bits per heavy atom. The maximum atomic E-state index is 15.2. The Kier molecular flexibility index (Phi) is 8.39. The lowest BCUT2D eigenvalue weighted by Gasteiger charge is -2.37. The first-order valence-corrected chi connectivity index (χ1v) is 16.5. The molecule has 0 bridgehead atoms. The number of carbonyl (C=O) groups excluding carboxylic acids is 1. The van der Waals surface area contributed by atoms with Crippen molar-refractivity contribution in [2.45, 2.75) is 90.9 Å². The van der Waals surface area contributed by atoms with Crippen LogP contribution in [0.2, 0.25) is 0 Å². The van der Waals surface area contributed by atoms with Crippen LogP contribution >= 0.6 is 0 Å². The van der Waals surface area contributed by atoms with E-state index in [0.29, 0.717) is 25.4 Å². The Hall–Kier alpha value is -4.25. The molecule has 0 unspecified atom stereocenters. The normalized spacial score (nSPS) is 19.3. The Morgan fingerprint density at radius 1 is 0.822 bits per heavy atom. The minimum Gasteiger partial charge on any atom is -0.344 e. The van der Waals surface area contributed by atoms with Crippen molar-refractivity contribution >= 4 is 17.3 Å². The van der Waals surface area contributed by atoms with Gasteiger partial charge in [-0.1, -0.05) is 120 Å². The van der Waals surface area contributed by atoms with Gasteiger partial charge < -0.3 is 9.80 Å². The van der Waals surface area contributed by atoms with Crippen LogP contribution in [0.1, 0.15) is 109 Å². The van der Waals surface area contributed by atoms with Gasteiger partial charge in [-0.3, -0.25) is 4.79 Å². The van der Waals surface area contributed by atoms with E-state index in [-0.39, 0.29) is 23.9 Å². The summed E-state index contributed by atoms with van der Waals surface area (Å²) in [5.41, 5.74) is 9.16. The molecule has 232 valence electrons. The van der Waals surface area contributed by atoms with Crippen LogP contribution in [0, 0.1) is 6.92 Å². The van der Waals surface area contributed by atoms with Gasteiger partial charge in [0.1, 0.15) is 11.7 Å². The van der Waals surface area contributed by atoms with Gasteiger partial charge in [0.2, 0.25) is 0 Å². The van der Waals surface area contributed by atoms with E-state index in [2.05, 4.69) is 131 Å². The molecule has 6 rings (SSSR count). The first-order valence-electron chi connectivity index (χ1n) is 16.5. The molecule has 0 aliphatic carbocycles. The van der Waals surface area contributed by atoms with E-state index in [1.807, 2.05) is 18.2 Å². The van der Waals surface area contributed by atoms with Crippen molar-refractivity contribution in [2.75, 3.05) is 11.4 Å². The Bertz CT molecular complexity index is 1690. The number of likely N-dealkylation sites (tertiary alicyclic amines) is 1. The molecule has 0 radical (unpaired) electrons. The van der Waals surface area contributed by atoms with E-state index < -0.39 is 5.54 Å². The molecule has 0 saturated carbocycles. The number of azo groups is 1. The molecule has 1 fully saturated rings. The van der Waals surface area contributed by atoms with Gasteiger partial charge in [0.25, 0.3) is 5.91 Å². The standard InChI is InChI=1S/C40H46N4O/c1-26(2)31-23-32(27(3)4)37(33(24-31)28(5)6)38(45)43-22-21-40(42-41-35-19-13-11-15-29(35)7)34-18-12-14-20-36(34)44(39(40)43)25-30-16-9-8-10-17-30/h8-20,23-24,26-28,39H,21-22,25H2,1-7H3/t39-,40-/m0/s1. The van der Waals surface area contributed by atoms with Gasteiger partial charge in [0, 0.05) is 36.3 Å². The monoisotopic (exact) mass is 598 g/mol. The summed E-state index contributed by atoms with van der Waals surface area (Å²) in [6.45, 7) is 16.6. The van der Waals surface area contributed by atoms with Crippen molar-refractivity contribution in [3.8, 4) is 0 Å². The van der Waals surface area contributed by atoms with Gasteiger partial charge in [0.15, 0.2) is 0 Å². The van der Waals surface area contributed by atoms with Gasteiger partial charge >= 0.3 is 0 Å². The van der Waals surface area contributed by atoms with Crippen LogP contribution in [0.4, 0.5) is 11.4 Å². The Balaban J connectivity index is 1.53. The van der Waals surface area contributed by atoms with Crippen molar-refractivity contribution in [2.24, 2.45) is 10.2 Å². The quantitative estimate of drug-likeness (QED) is 0.190. The summed E-state index contributed by atoms with van der Waals surface area (Å²) in [6, 6.07) is 31.8. The number of benzene rings is 4. The number of rotatable bonds is 8. The van der Waals surface area contributed by atoms with Gasteiger partial charge in [-0.2, -0.15) is 10.2 Å². The molecule has 45 heavy (non-hydrogen) atoms. The van der Waals surface area contributed by atoms with Crippen LogP contribution < -0.4 is 4.90 Å². The topological polar surface area (TPSA) is 48.3 Å². The SMILES string of the molecule is Cc1ccccc1N=N[C@]12CCN(C(=O)c3c(C(C)C)cc(C(C)C)cc3C(C)C)[C@H]1N(Cc1ccccc1)c1ccccc12. The summed E-state index contributed by atoms with van der Waals surface area (Å²) in [4.78, 5) is 19.7. The fraction of sp³-hybridized carbons (Fsp3) is 0.375. The molecule has 0 spiro atoms. The van der Waals surface area contributed by atoms with E-state index >= 15 is 4.79 Å². The largest absolute Gasteiger partial charge is 0.344 e. The van der Waals surface area contributed by atoms with Crippen LogP contribution in [0.25, 0.3) is 0 Å². The van der Waals surface area contributed by atoms with Gasteiger partial charge in [-0.15, -0.1) is 0 Å². The average molecular weight is 599 g/mol. The van der Waals surface area contributed by atoms with Crippen LogP contribution in [0.5, 0.6) is 0 Å². The minimum absolute atomic E-state index is 0.0986. The molecule has 0 N–H and O–H groups in total. The highest BCUT2D eigenvalue weighted by molar-refractivity contribution is 5.99. The highest BCUT2D eigenvalue weighted by Gasteiger charge is 2.59. The van der Waals surface area contributed by atoms with Crippen molar-refractivity contribution in [1.82, 2.24) is 4.90 Å². The number of anilines is 1. The first-order chi connectivity index (χ1) is 21.6. The van der Waals surface area contributed by atoms with Crippen molar-refractivity contribution in [3.05, 3.63) is 130 Å². The Morgan fingerprint density at radius 2 is 1.44 bits per heavy atom. The highest BCUT2D eigenvalue weighted by atomic mass is 16.2. The number of hydrogen-bond acceptors (Lipinski definition) is 4. The van der Waals surface area contributed by atoms with Gasteiger partial charge in [-0.25, -0.2) is 0 Å². The number of amides is 1. The van der Waals surface area contributed by atoms with Gasteiger partial charge in [0.05, 0.1) is 5.69 Å². The average Bonchev–Trinajstić information content (AvgIpc) is 3.54. The Labute approximate surface area is 269 Å². The molecule has 5 nitrogen and oxygen atoms in total. The van der Waals surface area contributed by atoms with Crippen LogP contribution in [-0.4, -0.2) is 23.5 Å². The second kappa shape index (κ2) is 12.3. The van der Waals surface area contributed by atoms with Crippen LogP contribution in [0.3, 0.4) is 0 Å². The molecule has 1 amide bonds. The van der Waals surface area contributed by atoms with E-state index in [0.717, 1.165) is 39.2 Å². The van der Waals surface area contributed by atoms with Crippen molar-refractivity contribution < 1.29 is 4.79 Å². The molecule has 2 atom stereocenters. The lowest BCUT2D eigenvalue weighted by atomic mass is 9.84. The maximum absolute atomic E-state index is 15.2. The van der Waals surface area contributed by atoms with Gasteiger partial charge in [-0.05, 0) is 64.6 Å². The second-order valence-electron chi connectivity index (χ2n) is 13.7. The molecule has 4 aromatic rings. The van der Waals surface area contributed by atoms with E-state index in [1.54, 1.807) is 0 Å². The third-order valence-corrected chi connectivity index (χ3v) is 9.69. The molecule has 0 aromatic heterocycles. The molecule has 2 aliphatic rings. The van der Waals surface area contributed by atoms with E-state index in [9.17, 15) is 0 Å². The number of hydrogen-bond donors (Lipinski definition) is 0. The smallest absolute Gasteiger partial charge is 0.256 e. The molecule has 2 aliphatic heterocycles. The number of para-hydroxylation sites is 1. The van der Waals surface area contributed by atoms with E-state index in [1.165, 1.54) is 11.1 Å². The lowest BCUT2D eigenvalue weighted by Crippen LogP contribution is -2.51. The number of nitrogens with zero attached hydrogens (tertiary/aromatic N) is 4. The third-order valence-electron chi connectivity index (χ3n) is 9.69. The number of aryl methyl sites for hydroxylation is 1. The highest BCUT2D eigenvalue weighted by Crippen LogP contribution is 2.54. The maximum Gasteiger partial charge on any atom is 0.256 e. The summed E-state index contributed by atoms with van der Waals surface area (Å²) < 4.78 is 0. The minimum atomic E-state index is -0.683. The summed E-state index contributed by atoms with van der Waals surface area (Å²) in [6.07, 6.45) is 0.402. The van der Waals surface area contributed by atoms with Crippen LogP contribution in [0.15, 0.2) is 101 Å². The molecule has 2 heterocycles. The first kappa shape index (κ1) is 30.8. The zero-order valence-corrected chi connectivity index (χ0v) is 27.8. The van der Waals surface area contributed by atoms with Crippen LogP contribution in [-0.2, 0) is 12.1 Å². The molecule has 1 saturated heterocycles. The molecule has 5 heteroatoms. The molecule has 4 aromatic carbocycles. The third kappa shape index (κ3) is 5.47. The predicted molar refractivity (Wildman–Crippen MR) is 185 cm³/mol. The lowest BCUT2D eigenvalue weighted by molar-refractivity contribution is 0.0706. The zero-order valence-electron chi connectivity index (χ0n) is 27.8. The summed E-state index contributed by atoms with van der Waals surface area (Å²) >= 11 is 0. The zero-order chi connectivity index (χ0) is 31.9. The summed E-state index contributed by atoms with van der Waals surface area (Å²) in [7, 11) is 0. The van der Waals surface area contributed by atoms with E-state index in [4.69, 9.17) is 10.2 Å². The fourth-order valence-electron chi connectivity index (χ4n) is 7.21. The fourth-order valence-corrected chi connectivity index (χ4v) is 7.21. The van der Waals surface area contributed by atoms with Crippen molar-refractivity contribution in [1.29, 1.82) is 0 Å². The predicted octanol–water partition coefficient (Wildman–Crippen LogP) is 10.2. The molecular weight excluding hydrogens is 552 g/mol. The summed E-state index contributed by atoms with van der Waals surface area (Å²) in [5.74, 6) is 0.918. The van der Waals surface area contributed by atoms with Crippen molar-refractivity contribution in [3.63, 3.8) is 0 Å². The second-order valence-corrected chi connectivity index (χ2v) is 13.7. The molecular formula is C40H46N4O.